The van der Waals surface area contributed by atoms with Crippen molar-refractivity contribution >= 4 is 11.7 Å². The van der Waals surface area contributed by atoms with Crippen LogP contribution in [0.5, 0.6) is 11.5 Å². The molecule has 3 aliphatic rings. The zero-order valence-corrected chi connectivity index (χ0v) is 18.3. The number of nitrogens with zero attached hydrogens (tertiary/aromatic N) is 3. The summed E-state index contributed by atoms with van der Waals surface area (Å²) in [5.74, 6) is 3.87. The number of rotatable bonds is 5. The van der Waals surface area contributed by atoms with Crippen molar-refractivity contribution in [3.8, 4) is 11.5 Å². The molecule has 0 saturated carbocycles. The van der Waals surface area contributed by atoms with E-state index in [1.165, 1.54) is 0 Å². The third-order valence-corrected chi connectivity index (χ3v) is 6.53. The molecule has 2 aromatic rings. The average Bonchev–Trinajstić information content (AvgIpc) is 3.33. The lowest BCUT2D eigenvalue weighted by Crippen LogP contribution is -2.41. The summed E-state index contributed by atoms with van der Waals surface area (Å²) < 4.78 is 22.0. The molecule has 3 aliphatic heterocycles. The van der Waals surface area contributed by atoms with E-state index in [2.05, 4.69) is 15.5 Å². The standard InChI is InChI=1S/C23H30N4O5/c28-23(24-18-2-3-19-20(15-18)31-14-13-30-19)27-9-5-16(6-10-27)1-4-21-25-22(26-32-21)17-7-11-29-12-8-17/h2-3,15-17H,1,4-14H2,(H,24,28). The van der Waals surface area contributed by atoms with Crippen molar-refractivity contribution in [3.05, 3.63) is 29.9 Å². The number of aromatic nitrogens is 2. The molecule has 5 rings (SSSR count). The number of aryl methyl sites for hydroxylation is 1. The lowest BCUT2D eigenvalue weighted by atomic mass is 9.92. The summed E-state index contributed by atoms with van der Waals surface area (Å²) in [5, 5.41) is 7.16. The van der Waals surface area contributed by atoms with Crippen molar-refractivity contribution in [1.82, 2.24) is 15.0 Å². The van der Waals surface area contributed by atoms with Crippen LogP contribution in [0.2, 0.25) is 0 Å². The molecule has 1 aromatic carbocycles. The molecule has 1 N–H and O–H groups in total. The minimum absolute atomic E-state index is 0.0712. The zero-order chi connectivity index (χ0) is 21.8. The van der Waals surface area contributed by atoms with E-state index in [4.69, 9.17) is 18.7 Å². The first-order chi connectivity index (χ1) is 15.7. The summed E-state index contributed by atoms with van der Waals surface area (Å²) in [5.41, 5.74) is 0.720. The second-order valence-electron chi connectivity index (χ2n) is 8.69. The molecule has 2 fully saturated rings. The highest BCUT2D eigenvalue weighted by molar-refractivity contribution is 5.89. The van der Waals surface area contributed by atoms with Crippen LogP contribution >= 0.6 is 0 Å². The number of hydrogen-bond acceptors (Lipinski definition) is 7. The van der Waals surface area contributed by atoms with Gasteiger partial charge in [0, 0.05) is 50.4 Å². The molecule has 0 atom stereocenters. The van der Waals surface area contributed by atoms with Gasteiger partial charge in [0.05, 0.1) is 0 Å². The number of benzene rings is 1. The number of carbonyl (C=O) groups excluding carboxylic acids is 1. The van der Waals surface area contributed by atoms with Crippen molar-refractivity contribution in [3.63, 3.8) is 0 Å². The maximum atomic E-state index is 12.7. The maximum Gasteiger partial charge on any atom is 0.321 e. The van der Waals surface area contributed by atoms with E-state index in [0.717, 1.165) is 88.0 Å². The lowest BCUT2D eigenvalue weighted by Gasteiger charge is -2.32. The number of piperidine rings is 1. The third kappa shape index (κ3) is 4.98. The van der Waals surface area contributed by atoms with Gasteiger partial charge in [0.2, 0.25) is 5.89 Å². The Labute approximate surface area is 187 Å². The molecule has 9 heteroatoms. The molecule has 0 bridgehead atoms. The summed E-state index contributed by atoms with van der Waals surface area (Å²) in [7, 11) is 0. The van der Waals surface area contributed by atoms with E-state index in [9.17, 15) is 4.79 Å². The summed E-state index contributed by atoms with van der Waals surface area (Å²) in [6.07, 6.45) is 5.69. The van der Waals surface area contributed by atoms with Gasteiger partial charge in [-0.3, -0.25) is 0 Å². The maximum absolute atomic E-state index is 12.7. The summed E-state index contributed by atoms with van der Waals surface area (Å²) >= 11 is 0. The summed E-state index contributed by atoms with van der Waals surface area (Å²) in [6, 6.07) is 5.43. The van der Waals surface area contributed by atoms with E-state index >= 15 is 0 Å². The fourth-order valence-corrected chi connectivity index (χ4v) is 4.57. The van der Waals surface area contributed by atoms with Gasteiger partial charge < -0.3 is 29.0 Å². The van der Waals surface area contributed by atoms with Gasteiger partial charge in [-0.2, -0.15) is 4.98 Å². The van der Waals surface area contributed by atoms with Crippen molar-refractivity contribution in [2.24, 2.45) is 5.92 Å². The van der Waals surface area contributed by atoms with Crippen molar-refractivity contribution in [1.29, 1.82) is 0 Å². The van der Waals surface area contributed by atoms with Gasteiger partial charge in [-0.1, -0.05) is 5.16 Å². The number of ether oxygens (including phenoxy) is 3. The van der Waals surface area contributed by atoms with Gasteiger partial charge in [-0.05, 0) is 50.2 Å². The number of urea groups is 1. The molecule has 0 spiro atoms. The highest BCUT2D eigenvalue weighted by Gasteiger charge is 2.25. The van der Waals surface area contributed by atoms with Gasteiger partial charge in [0.25, 0.3) is 0 Å². The Kier molecular flexibility index (Phi) is 6.43. The van der Waals surface area contributed by atoms with Gasteiger partial charge in [0.1, 0.15) is 13.2 Å². The Balaban J connectivity index is 1.06. The molecule has 32 heavy (non-hydrogen) atoms. The second-order valence-corrected chi connectivity index (χ2v) is 8.69. The largest absolute Gasteiger partial charge is 0.486 e. The van der Waals surface area contributed by atoms with Gasteiger partial charge in [-0.25, -0.2) is 4.79 Å². The topological polar surface area (TPSA) is 99.0 Å². The lowest BCUT2D eigenvalue weighted by molar-refractivity contribution is 0.0830. The first-order valence-corrected chi connectivity index (χ1v) is 11.6. The fourth-order valence-electron chi connectivity index (χ4n) is 4.57. The monoisotopic (exact) mass is 442 g/mol. The molecular weight excluding hydrogens is 412 g/mol. The Morgan fingerprint density at radius 1 is 1.03 bits per heavy atom. The van der Waals surface area contributed by atoms with Crippen LogP contribution in [0.1, 0.15) is 49.7 Å². The van der Waals surface area contributed by atoms with Crippen LogP contribution in [-0.4, -0.2) is 60.6 Å². The number of fused-ring (bicyclic) bond motifs is 1. The molecule has 172 valence electrons. The van der Waals surface area contributed by atoms with Crippen LogP contribution in [0.25, 0.3) is 0 Å². The summed E-state index contributed by atoms with van der Waals surface area (Å²) in [4.78, 5) is 19.2. The average molecular weight is 443 g/mol. The Bertz CT molecular complexity index is 919. The van der Waals surface area contributed by atoms with Crippen LogP contribution < -0.4 is 14.8 Å². The van der Waals surface area contributed by atoms with Crippen LogP contribution in [0.4, 0.5) is 10.5 Å². The second kappa shape index (κ2) is 9.77. The Morgan fingerprint density at radius 3 is 2.62 bits per heavy atom. The molecule has 2 saturated heterocycles. The third-order valence-electron chi connectivity index (χ3n) is 6.53. The molecule has 2 amide bonds. The van der Waals surface area contributed by atoms with E-state index in [1.54, 1.807) is 0 Å². The number of likely N-dealkylation sites (tertiary alicyclic amines) is 1. The number of hydrogen-bond donors (Lipinski definition) is 1. The van der Waals surface area contributed by atoms with E-state index in [1.807, 2.05) is 23.1 Å². The molecule has 1 aromatic heterocycles. The SMILES string of the molecule is O=C(Nc1ccc2c(c1)OCCO2)N1CCC(CCc2nc(C3CCOCC3)no2)CC1. The smallest absolute Gasteiger partial charge is 0.321 e. The van der Waals surface area contributed by atoms with Gasteiger partial charge >= 0.3 is 6.03 Å². The molecule has 4 heterocycles. The van der Waals surface area contributed by atoms with Crippen molar-refractivity contribution in [2.75, 3.05) is 44.8 Å². The minimum atomic E-state index is -0.0712. The Morgan fingerprint density at radius 2 is 1.81 bits per heavy atom. The van der Waals surface area contributed by atoms with Crippen molar-refractivity contribution in [2.45, 2.75) is 44.4 Å². The van der Waals surface area contributed by atoms with Crippen molar-refractivity contribution < 1.29 is 23.5 Å². The van der Waals surface area contributed by atoms with Gasteiger partial charge in [-0.15, -0.1) is 0 Å². The molecule has 0 aliphatic carbocycles. The first-order valence-electron chi connectivity index (χ1n) is 11.6. The molecule has 0 unspecified atom stereocenters. The number of anilines is 1. The Hall–Kier alpha value is -2.81. The predicted octanol–water partition coefficient (Wildman–Crippen LogP) is 3.61. The van der Waals surface area contributed by atoms with Gasteiger partial charge in [0.15, 0.2) is 17.3 Å². The number of carbonyl (C=O) groups is 1. The molecule has 9 nitrogen and oxygen atoms in total. The normalized spacial score (nSPS) is 19.7. The van der Waals surface area contributed by atoms with Crippen LogP contribution in [-0.2, 0) is 11.2 Å². The molecule has 0 radical (unpaired) electrons. The quantitative estimate of drug-likeness (QED) is 0.755. The fraction of sp³-hybridized carbons (Fsp3) is 0.609. The molecular formula is C23H30N4O5. The predicted molar refractivity (Wildman–Crippen MR) is 116 cm³/mol. The zero-order valence-electron chi connectivity index (χ0n) is 18.3. The highest BCUT2D eigenvalue weighted by atomic mass is 16.6. The number of nitrogens with one attached hydrogen (secondary N) is 1. The highest BCUT2D eigenvalue weighted by Crippen LogP contribution is 2.33. The number of amides is 2. The van der Waals surface area contributed by atoms with Crippen LogP contribution in [0.3, 0.4) is 0 Å². The first kappa shape index (κ1) is 21.1. The minimum Gasteiger partial charge on any atom is -0.486 e. The summed E-state index contributed by atoms with van der Waals surface area (Å²) in [6.45, 7) is 4.12. The van der Waals surface area contributed by atoms with Crippen LogP contribution in [0.15, 0.2) is 22.7 Å². The van der Waals surface area contributed by atoms with E-state index in [0.29, 0.717) is 30.8 Å². The van der Waals surface area contributed by atoms with E-state index in [-0.39, 0.29) is 6.03 Å². The van der Waals surface area contributed by atoms with E-state index < -0.39 is 0 Å². The van der Waals surface area contributed by atoms with Crippen LogP contribution in [0, 0.1) is 5.92 Å².